The second-order valence-corrected chi connectivity index (χ2v) is 5.95. The molecule has 0 unspecified atom stereocenters. The van der Waals surface area contributed by atoms with E-state index >= 15 is 0 Å². The van der Waals surface area contributed by atoms with E-state index in [9.17, 15) is 19.5 Å². The molecule has 0 bridgehead atoms. The van der Waals surface area contributed by atoms with Crippen molar-refractivity contribution in [2.24, 2.45) is 0 Å². The minimum absolute atomic E-state index is 0.227. The van der Waals surface area contributed by atoms with E-state index in [1.54, 1.807) is 12.3 Å². The lowest BCUT2D eigenvalue weighted by Gasteiger charge is -2.09. The zero-order valence-electron chi connectivity index (χ0n) is 14.3. The van der Waals surface area contributed by atoms with Gasteiger partial charge < -0.3 is 10.1 Å². The number of ketones is 1. The quantitative estimate of drug-likeness (QED) is 0.467. The summed E-state index contributed by atoms with van der Waals surface area (Å²) in [5.74, 6) is -1.26. The molecule has 2 heterocycles. The zero-order chi connectivity index (χ0) is 18.7. The molecule has 2 aromatic heterocycles. The number of nitrogens with one attached hydrogen (secondary N) is 2. The van der Waals surface area contributed by atoms with E-state index in [1.807, 2.05) is 31.2 Å². The Morgan fingerprint density at radius 2 is 2.04 bits per heavy atom. The molecule has 0 aliphatic heterocycles. The smallest absolute Gasteiger partial charge is 0.331 e. The van der Waals surface area contributed by atoms with E-state index in [4.69, 9.17) is 0 Å². The normalized spacial score (nSPS) is 11.4. The number of nitrogens with zero attached hydrogens (tertiary/aromatic N) is 1. The van der Waals surface area contributed by atoms with Gasteiger partial charge in [0.2, 0.25) is 5.88 Å². The SMILES string of the molecule is CCCCn1c(O)c(C(=O)/C=C/c2c[nH]c3ccccc23)c(=O)[nH]c1=O. The molecule has 3 rings (SSSR count). The number of hydrogen-bond acceptors (Lipinski definition) is 4. The second kappa shape index (κ2) is 7.26. The van der Waals surface area contributed by atoms with Crippen molar-refractivity contribution in [3.63, 3.8) is 0 Å². The molecule has 3 aromatic rings. The second-order valence-electron chi connectivity index (χ2n) is 5.95. The van der Waals surface area contributed by atoms with Gasteiger partial charge in [-0.25, -0.2) is 4.79 Å². The third kappa shape index (κ3) is 3.23. The van der Waals surface area contributed by atoms with E-state index in [1.165, 1.54) is 6.08 Å². The Bertz CT molecular complexity index is 1100. The fourth-order valence-electron chi connectivity index (χ4n) is 2.79. The number of carbonyl (C=O) groups excluding carboxylic acids is 1. The molecular formula is C19H19N3O4. The van der Waals surface area contributed by atoms with Gasteiger partial charge in [-0.2, -0.15) is 0 Å². The molecule has 134 valence electrons. The summed E-state index contributed by atoms with van der Waals surface area (Å²) in [6, 6.07) is 7.60. The first-order valence-corrected chi connectivity index (χ1v) is 8.37. The number of aromatic hydroxyl groups is 1. The maximum Gasteiger partial charge on any atom is 0.331 e. The van der Waals surface area contributed by atoms with Gasteiger partial charge in [0.05, 0.1) is 0 Å². The molecular weight excluding hydrogens is 334 g/mol. The lowest BCUT2D eigenvalue weighted by Crippen LogP contribution is -2.33. The number of benzene rings is 1. The molecule has 0 fully saturated rings. The fourth-order valence-corrected chi connectivity index (χ4v) is 2.79. The third-order valence-electron chi connectivity index (χ3n) is 4.19. The Morgan fingerprint density at radius 1 is 1.27 bits per heavy atom. The van der Waals surface area contributed by atoms with Gasteiger partial charge in [-0.3, -0.25) is 19.1 Å². The number of unbranched alkanes of at least 4 members (excludes halogenated alkanes) is 1. The maximum atomic E-state index is 12.5. The van der Waals surface area contributed by atoms with Crippen molar-refractivity contribution in [1.82, 2.24) is 14.5 Å². The molecule has 7 nitrogen and oxygen atoms in total. The predicted molar refractivity (Wildman–Crippen MR) is 99.6 cm³/mol. The van der Waals surface area contributed by atoms with Crippen molar-refractivity contribution in [2.45, 2.75) is 26.3 Å². The molecule has 0 spiro atoms. The number of para-hydroxylation sites is 1. The Morgan fingerprint density at radius 3 is 2.81 bits per heavy atom. The Labute approximate surface area is 148 Å². The Hall–Kier alpha value is -3.35. The Balaban J connectivity index is 1.97. The maximum absolute atomic E-state index is 12.5. The van der Waals surface area contributed by atoms with Gasteiger partial charge in [0.15, 0.2) is 5.78 Å². The van der Waals surface area contributed by atoms with E-state index in [2.05, 4.69) is 9.97 Å². The van der Waals surface area contributed by atoms with Crippen LogP contribution in [0.4, 0.5) is 0 Å². The number of fused-ring (bicyclic) bond motifs is 1. The standard InChI is InChI=1S/C19H19N3O4/c1-2-3-10-22-18(25)16(17(24)21-19(22)26)15(23)9-8-12-11-20-14-7-5-4-6-13(12)14/h4-9,11,20,25H,2-3,10H2,1H3,(H,21,24,26)/b9-8+. The largest absolute Gasteiger partial charge is 0.494 e. The first-order chi connectivity index (χ1) is 12.5. The number of allylic oxidation sites excluding steroid dienone is 1. The molecule has 3 N–H and O–H groups in total. The third-order valence-corrected chi connectivity index (χ3v) is 4.19. The molecule has 0 saturated carbocycles. The van der Waals surface area contributed by atoms with Gasteiger partial charge in [-0.05, 0) is 30.2 Å². The average Bonchev–Trinajstić information content (AvgIpc) is 3.03. The molecule has 0 amide bonds. The first-order valence-electron chi connectivity index (χ1n) is 8.37. The van der Waals surface area contributed by atoms with Crippen molar-refractivity contribution in [1.29, 1.82) is 0 Å². The van der Waals surface area contributed by atoms with E-state index in [0.717, 1.165) is 27.5 Å². The summed E-state index contributed by atoms with van der Waals surface area (Å²) in [5, 5.41) is 11.2. The topological polar surface area (TPSA) is 108 Å². The fraction of sp³-hybridized carbons (Fsp3) is 0.211. The van der Waals surface area contributed by atoms with E-state index < -0.39 is 28.5 Å². The van der Waals surface area contributed by atoms with Crippen LogP contribution in [0.3, 0.4) is 0 Å². The van der Waals surface area contributed by atoms with Crippen LogP contribution in [0, 0.1) is 0 Å². The van der Waals surface area contributed by atoms with Gasteiger partial charge in [-0.1, -0.05) is 31.5 Å². The zero-order valence-corrected chi connectivity index (χ0v) is 14.3. The minimum Gasteiger partial charge on any atom is -0.494 e. The van der Waals surface area contributed by atoms with Crippen LogP contribution < -0.4 is 11.2 Å². The summed E-state index contributed by atoms with van der Waals surface area (Å²) in [5.41, 5.74) is -0.346. The number of H-pyrrole nitrogens is 2. The van der Waals surface area contributed by atoms with Crippen molar-refractivity contribution in [3.8, 4) is 5.88 Å². The molecule has 1 aromatic carbocycles. The highest BCUT2D eigenvalue weighted by Crippen LogP contribution is 2.19. The highest BCUT2D eigenvalue weighted by molar-refractivity contribution is 6.08. The summed E-state index contributed by atoms with van der Waals surface area (Å²) >= 11 is 0. The predicted octanol–water partition coefficient (Wildman–Crippen LogP) is 2.42. The summed E-state index contributed by atoms with van der Waals surface area (Å²) in [6.07, 6.45) is 5.98. The van der Waals surface area contributed by atoms with Crippen molar-refractivity contribution in [2.75, 3.05) is 0 Å². The number of aromatic amines is 2. The highest BCUT2D eigenvalue weighted by Gasteiger charge is 2.19. The van der Waals surface area contributed by atoms with Gasteiger partial charge in [-0.15, -0.1) is 0 Å². The van der Waals surface area contributed by atoms with Crippen LogP contribution in [0.15, 0.2) is 46.1 Å². The van der Waals surface area contributed by atoms with Crippen LogP contribution >= 0.6 is 0 Å². The summed E-state index contributed by atoms with van der Waals surface area (Å²) < 4.78 is 1.01. The van der Waals surface area contributed by atoms with E-state index in [-0.39, 0.29) is 6.54 Å². The summed E-state index contributed by atoms with van der Waals surface area (Å²) in [6.45, 7) is 2.16. The van der Waals surface area contributed by atoms with Crippen LogP contribution in [-0.4, -0.2) is 25.4 Å². The van der Waals surface area contributed by atoms with Crippen LogP contribution in [0.1, 0.15) is 35.7 Å². The molecule has 26 heavy (non-hydrogen) atoms. The van der Waals surface area contributed by atoms with Crippen LogP contribution in [-0.2, 0) is 6.54 Å². The monoisotopic (exact) mass is 353 g/mol. The lowest BCUT2D eigenvalue weighted by molar-refractivity contribution is 0.104. The molecule has 7 heteroatoms. The van der Waals surface area contributed by atoms with Gasteiger partial charge >= 0.3 is 5.69 Å². The Kier molecular flexibility index (Phi) is 4.88. The minimum atomic E-state index is -0.895. The first kappa shape index (κ1) is 17.5. The average molecular weight is 353 g/mol. The number of aromatic nitrogens is 3. The van der Waals surface area contributed by atoms with Crippen molar-refractivity contribution >= 4 is 22.8 Å². The highest BCUT2D eigenvalue weighted by atomic mass is 16.3. The molecule has 0 radical (unpaired) electrons. The summed E-state index contributed by atoms with van der Waals surface area (Å²) in [4.78, 5) is 41.5. The molecule has 0 aliphatic carbocycles. The number of hydrogen-bond donors (Lipinski definition) is 3. The van der Waals surface area contributed by atoms with E-state index in [0.29, 0.717) is 6.42 Å². The van der Waals surface area contributed by atoms with Gasteiger partial charge in [0, 0.05) is 23.6 Å². The number of carbonyl (C=O) groups is 1. The molecule has 0 saturated heterocycles. The van der Waals surface area contributed by atoms with Crippen LogP contribution in [0.2, 0.25) is 0 Å². The van der Waals surface area contributed by atoms with Gasteiger partial charge in [0.1, 0.15) is 5.56 Å². The number of rotatable bonds is 6. The summed E-state index contributed by atoms with van der Waals surface area (Å²) in [7, 11) is 0. The molecule has 0 atom stereocenters. The van der Waals surface area contributed by atoms with Crippen molar-refractivity contribution < 1.29 is 9.90 Å². The molecule has 0 aliphatic rings. The van der Waals surface area contributed by atoms with Gasteiger partial charge in [0.25, 0.3) is 5.56 Å². The van der Waals surface area contributed by atoms with Crippen LogP contribution in [0.5, 0.6) is 5.88 Å². The lowest BCUT2D eigenvalue weighted by atomic mass is 10.1. The van der Waals surface area contributed by atoms with Crippen molar-refractivity contribution in [3.05, 3.63) is 68.5 Å². The van der Waals surface area contributed by atoms with Crippen LogP contribution in [0.25, 0.3) is 17.0 Å².